The molecule has 128 valence electrons. The van der Waals surface area contributed by atoms with Crippen LogP contribution >= 0.6 is 22.9 Å². The Kier molecular flexibility index (Phi) is 7.58. The number of rotatable bonds is 9. The van der Waals surface area contributed by atoms with E-state index in [0.717, 1.165) is 5.56 Å². The summed E-state index contributed by atoms with van der Waals surface area (Å²) in [6.07, 6.45) is 0.891. The van der Waals surface area contributed by atoms with Crippen molar-refractivity contribution in [2.45, 2.75) is 12.8 Å². The molecule has 24 heavy (non-hydrogen) atoms. The summed E-state index contributed by atoms with van der Waals surface area (Å²) in [4.78, 5) is 23.1. The fourth-order valence-corrected chi connectivity index (χ4v) is 2.67. The van der Waals surface area contributed by atoms with E-state index in [4.69, 9.17) is 21.1 Å². The Hall–Kier alpha value is -2.05. The highest BCUT2D eigenvalue weighted by Gasteiger charge is 2.08. The molecule has 0 atom stereocenters. The van der Waals surface area contributed by atoms with Gasteiger partial charge in [0.05, 0.1) is 6.54 Å². The molecule has 0 saturated carbocycles. The van der Waals surface area contributed by atoms with Crippen LogP contribution in [0.25, 0.3) is 0 Å². The molecule has 5 nitrogen and oxygen atoms in total. The standard InChI is InChI=1S/C17H18ClNO4S/c18-14-2-4-15(5-3-14)22-9-8-19-16(20)11-23-17(21)6-1-13-7-10-24-12-13/h2-5,7,10,12H,1,6,8-9,11H2,(H,19,20). The molecule has 0 aliphatic rings. The lowest BCUT2D eigenvalue weighted by molar-refractivity contribution is -0.148. The third-order valence-electron chi connectivity index (χ3n) is 3.07. The van der Waals surface area contributed by atoms with Crippen LogP contribution in [-0.4, -0.2) is 31.6 Å². The van der Waals surface area contributed by atoms with E-state index in [1.807, 2.05) is 16.8 Å². The van der Waals surface area contributed by atoms with Gasteiger partial charge in [0.15, 0.2) is 6.61 Å². The SMILES string of the molecule is O=C(COC(=O)CCc1ccsc1)NCCOc1ccc(Cl)cc1. The van der Waals surface area contributed by atoms with E-state index in [0.29, 0.717) is 30.3 Å². The molecule has 1 aromatic heterocycles. The van der Waals surface area contributed by atoms with Crippen molar-refractivity contribution in [1.29, 1.82) is 0 Å². The van der Waals surface area contributed by atoms with Gasteiger partial charge in [0.1, 0.15) is 12.4 Å². The first-order chi connectivity index (χ1) is 11.6. The van der Waals surface area contributed by atoms with Gasteiger partial charge in [0.25, 0.3) is 5.91 Å². The van der Waals surface area contributed by atoms with Gasteiger partial charge in [-0.05, 0) is 53.1 Å². The van der Waals surface area contributed by atoms with Gasteiger partial charge in [-0.15, -0.1) is 0 Å². The number of carbonyl (C=O) groups excluding carboxylic acids is 2. The number of esters is 1. The predicted molar refractivity (Wildman–Crippen MR) is 93.6 cm³/mol. The van der Waals surface area contributed by atoms with Crippen molar-refractivity contribution in [3.05, 3.63) is 51.7 Å². The molecule has 2 aromatic rings. The second kappa shape index (κ2) is 9.95. The molecule has 1 N–H and O–H groups in total. The number of hydrogen-bond donors (Lipinski definition) is 1. The molecule has 0 radical (unpaired) electrons. The van der Waals surface area contributed by atoms with Crippen molar-refractivity contribution >= 4 is 34.8 Å². The van der Waals surface area contributed by atoms with Crippen LogP contribution in [0.2, 0.25) is 5.02 Å². The summed E-state index contributed by atoms with van der Waals surface area (Å²) in [7, 11) is 0. The van der Waals surface area contributed by atoms with Crippen molar-refractivity contribution in [2.24, 2.45) is 0 Å². The highest BCUT2D eigenvalue weighted by Crippen LogP contribution is 2.15. The first-order valence-electron chi connectivity index (χ1n) is 7.45. The summed E-state index contributed by atoms with van der Waals surface area (Å²) in [5, 5.41) is 7.20. The number of aryl methyl sites for hydroxylation is 1. The topological polar surface area (TPSA) is 64.6 Å². The van der Waals surface area contributed by atoms with Crippen molar-refractivity contribution in [3.8, 4) is 5.75 Å². The van der Waals surface area contributed by atoms with Gasteiger partial charge in [-0.3, -0.25) is 9.59 Å². The number of carbonyl (C=O) groups is 2. The number of amides is 1. The Morgan fingerprint density at radius 1 is 1.17 bits per heavy atom. The average molecular weight is 368 g/mol. The summed E-state index contributed by atoms with van der Waals surface area (Å²) in [6, 6.07) is 8.92. The molecule has 1 aromatic carbocycles. The average Bonchev–Trinajstić information content (AvgIpc) is 3.10. The normalized spacial score (nSPS) is 10.2. The van der Waals surface area contributed by atoms with Gasteiger partial charge in [0, 0.05) is 11.4 Å². The summed E-state index contributed by atoms with van der Waals surface area (Å²) in [5.74, 6) is -0.0548. The van der Waals surface area contributed by atoms with E-state index < -0.39 is 0 Å². The maximum absolute atomic E-state index is 11.6. The number of benzene rings is 1. The molecule has 0 bridgehead atoms. The number of hydrogen-bond acceptors (Lipinski definition) is 5. The maximum Gasteiger partial charge on any atom is 0.306 e. The molecule has 7 heteroatoms. The van der Waals surface area contributed by atoms with E-state index in [2.05, 4.69) is 5.32 Å². The number of nitrogens with one attached hydrogen (secondary N) is 1. The number of thiophene rings is 1. The molecule has 0 fully saturated rings. The highest BCUT2D eigenvalue weighted by atomic mass is 35.5. The maximum atomic E-state index is 11.6. The molecule has 0 saturated heterocycles. The minimum Gasteiger partial charge on any atom is -0.492 e. The highest BCUT2D eigenvalue weighted by molar-refractivity contribution is 7.07. The first kappa shape index (κ1) is 18.3. The predicted octanol–water partition coefficient (Wildman–Crippen LogP) is 3.07. The number of halogens is 1. The third kappa shape index (κ3) is 7.02. The molecule has 0 aliphatic heterocycles. The van der Waals surface area contributed by atoms with Gasteiger partial charge >= 0.3 is 5.97 Å². The zero-order valence-corrected chi connectivity index (χ0v) is 14.6. The fraction of sp³-hybridized carbons (Fsp3) is 0.294. The van der Waals surface area contributed by atoms with Gasteiger partial charge in [-0.1, -0.05) is 11.6 Å². The second-order valence-corrected chi connectivity index (χ2v) is 6.16. The molecular weight excluding hydrogens is 350 g/mol. The zero-order valence-electron chi connectivity index (χ0n) is 13.0. The Morgan fingerprint density at radius 3 is 2.67 bits per heavy atom. The molecule has 1 heterocycles. The summed E-state index contributed by atoms with van der Waals surface area (Å²) < 4.78 is 10.4. The van der Waals surface area contributed by atoms with Gasteiger partial charge in [-0.2, -0.15) is 11.3 Å². The Labute approximate surface area is 149 Å². The van der Waals surface area contributed by atoms with E-state index in [1.165, 1.54) is 0 Å². The van der Waals surface area contributed by atoms with E-state index >= 15 is 0 Å². The minimum atomic E-state index is -0.381. The molecule has 0 unspecified atom stereocenters. The van der Waals surface area contributed by atoms with E-state index in [9.17, 15) is 9.59 Å². The van der Waals surface area contributed by atoms with Crippen LogP contribution in [0.1, 0.15) is 12.0 Å². The Balaban J connectivity index is 1.53. The van der Waals surface area contributed by atoms with Crippen LogP contribution in [0.5, 0.6) is 5.75 Å². The zero-order chi connectivity index (χ0) is 17.2. The van der Waals surface area contributed by atoms with Gasteiger partial charge < -0.3 is 14.8 Å². The summed E-state index contributed by atoms with van der Waals surface area (Å²) >= 11 is 7.36. The first-order valence-corrected chi connectivity index (χ1v) is 8.77. The van der Waals surface area contributed by atoms with Crippen molar-refractivity contribution in [1.82, 2.24) is 5.32 Å². The smallest absolute Gasteiger partial charge is 0.306 e. The van der Waals surface area contributed by atoms with Crippen LogP contribution in [0.15, 0.2) is 41.1 Å². The third-order valence-corrected chi connectivity index (χ3v) is 4.05. The lowest BCUT2D eigenvalue weighted by Gasteiger charge is -2.08. The molecular formula is C17H18ClNO4S. The van der Waals surface area contributed by atoms with Crippen LogP contribution in [0.3, 0.4) is 0 Å². The quantitative estimate of drug-likeness (QED) is 0.546. The summed E-state index contributed by atoms with van der Waals surface area (Å²) in [6.45, 7) is 0.372. The Bertz CT molecular complexity index is 643. The molecule has 2 rings (SSSR count). The largest absolute Gasteiger partial charge is 0.492 e. The van der Waals surface area contributed by atoms with Crippen LogP contribution in [0, 0.1) is 0 Å². The Morgan fingerprint density at radius 2 is 1.96 bits per heavy atom. The lowest BCUT2D eigenvalue weighted by Crippen LogP contribution is -2.32. The molecule has 0 spiro atoms. The van der Waals surface area contributed by atoms with Gasteiger partial charge in [-0.25, -0.2) is 0 Å². The molecule has 1 amide bonds. The van der Waals surface area contributed by atoms with Crippen LogP contribution in [-0.2, 0) is 20.7 Å². The second-order valence-electron chi connectivity index (χ2n) is 4.94. The van der Waals surface area contributed by atoms with Crippen LogP contribution < -0.4 is 10.1 Å². The van der Waals surface area contributed by atoms with Gasteiger partial charge in [0.2, 0.25) is 0 Å². The van der Waals surface area contributed by atoms with E-state index in [-0.39, 0.29) is 24.9 Å². The molecule has 0 aliphatic carbocycles. The lowest BCUT2D eigenvalue weighted by atomic mass is 10.2. The monoisotopic (exact) mass is 367 g/mol. The summed E-state index contributed by atoms with van der Waals surface area (Å²) in [5.41, 5.74) is 1.10. The van der Waals surface area contributed by atoms with Crippen molar-refractivity contribution < 1.29 is 19.1 Å². The minimum absolute atomic E-state index is 0.268. The van der Waals surface area contributed by atoms with E-state index in [1.54, 1.807) is 35.6 Å². The van der Waals surface area contributed by atoms with Crippen molar-refractivity contribution in [2.75, 3.05) is 19.8 Å². The fourth-order valence-electron chi connectivity index (χ4n) is 1.84. The van der Waals surface area contributed by atoms with Crippen LogP contribution in [0.4, 0.5) is 0 Å². The number of ether oxygens (including phenoxy) is 2. The van der Waals surface area contributed by atoms with Crippen molar-refractivity contribution in [3.63, 3.8) is 0 Å².